The van der Waals surface area contributed by atoms with Crippen molar-refractivity contribution < 1.29 is 13.9 Å². The van der Waals surface area contributed by atoms with Gasteiger partial charge in [0.2, 0.25) is 0 Å². The van der Waals surface area contributed by atoms with Gasteiger partial charge in [-0.15, -0.1) is 0 Å². The number of aliphatic hydroxyl groups is 1. The van der Waals surface area contributed by atoms with Crippen LogP contribution in [0.3, 0.4) is 0 Å². The summed E-state index contributed by atoms with van der Waals surface area (Å²) in [6.07, 6.45) is 10.4. The summed E-state index contributed by atoms with van der Waals surface area (Å²) in [6, 6.07) is 1.04. The SMILES string of the molecule is CC1C=Cc2nc(C(C)(C)F)cc(N)c2C1C1CCC(C=NC(O)[C@]2(C)C=NNC2C(C)(C)F)CC1. The molecule has 0 amide bonds. The van der Waals surface area contributed by atoms with E-state index in [4.69, 9.17) is 5.73 Å². The molecule has 4 N–H and O–H groups in total. The number of alkyl halides is 2. The van der Waals surface area contributed by atoms with Gasteiger partial charge in [-0.3, -0.25) is 4.99 Å². The zero-order valence-electron chi connectivity index (χ0n) is 22.3. The summed E-state index contributed by atoms with van der Waals surface area (Å²) in [5, 5.41) is 14.9. The van der Waals surface area contributed by atoms with Crippen LogP contribution >= 0.6 is 0 Å². The normalized spacial score (nSPS) is 33.5. The van der Waals surface area contributed by atoms with E-state index in [1.165, 1.54) is 27.7 Å². The number of nitrogens with one attached hydrogen (secondary N) is 1. The smallest absolute Gasteiger partial charge is 0.157 e. The average Bonchev–Trinajstić information content (AvgIpc) is 3.21. The van der Waals surface area contributed by atoms with E-state index in [1.807, 2.05) is 12.3 Å². The van der Waals surface area contributed by atoms with Crippen LogP contribution in [0.4, 0.5) is 14.5 Å². The molecule has 2 aliphatic carbocycles. The van der Waals surface area contributed by atoms with Crippen LogP contribution < -0.4 is 11.2 Å². The zero-order valence-corrected chi connectivity index (χ0v) is 22.3. The molecule has 0 saturated heterocycles. The number of nitrogen functional groups attached to an aromatic ring is 1. The van der Waals surface area contributed by atoms with E-state index in [1.54, 1.807) is 19.2 Å². The van der Waals surface area contributed by atoms with Gasteiger partial charge in [-0.2, -0.15) is 5.10 Å². The van der Waals surface area contributed by atoms with Crippen molar-refractivity contribution in [2.24, 2.45) is 33.3 Å². The summed E-state index contributed by atoms with van der Waals surface area (Å²) in [7, 11) is 0. The third-order valence-corrected chi connectivity index (χ3v) is 8.36. The molecule has 2 heterocycles. The number of nitrogens with zero attached hydrogens (tertiary/aromatic N) is 3. The molecule has 1 aromatic rings. The van der Waals surface area contributed by atoms with Crippen molar-refractivity contribution in [3.05, 3.63) is 29.1 Å². The van der Waals surface area contributed by atoms with Gasteiger partial charge in [-0.25, -0.2) is 13.8 Å². The molecule has 1 aromatic heterocycles. The van der Waals surface area contributed by atoms with Gasteiger partial charge in [0.1, 0.15) is 11.3 Å². The Balaban J connectivity index is 1.44. The molecule has 0 aromatic carbocycles. The summed E-state index contributed by atoms with van der Waals surface area (Å²) in [6.45, 7) is 9.96. The number of allylic oxidation sites excluding steroid dienone is 1. The lowest BCUT2D eigenvalue weighted by molar-refractivity contribution is 0.0202. The van der Waals surface area contributed by atoms with Crippen molar-refractivity contribution in [1.29, 1.82) is 0 Å². The molecule has 198 valence electrons. The van der Waals surface area contributed by atoms with Gasteiger partial charge in [0.15, 0.2) is 6.23 Å². The summed E-state index contributed by atoms with van der Waals surface area (Å²) in [5.41, 5.74) is 8.09. The van der Waals surface area contributed by atoms with Gasteiger partial charge >= 0.3 is 0 Å². The molecule has 0 spiro atoms. The number of hydrogen-bond donors (Lipinski definition) is 3. The molecule has 4 unspecified atom stereocenters. The predicted molar refractivity (Wildman–Crippen MR) is 142 cm³/mol. The molecule has 0 bridgehead atoms. The lowest BCUT2D eigenvalue weighted by Gasteiger charge is -2.39. The lowest BCUT2D eigenvalue weighted by Crippen LogP contribution is -2.54. The van der Waals surface area contributed by atoms with Crippen molar-refractivity contribution in [2.75, 3.05) is 5.73 Å². The minimum atomic E-state index is -1.56. The fourth-order valence-corrected chi connectivity index (χ4v) is 6.27. The second kappa shape index (κ2) is 9.51. The van der Waals surface area contributed by atoms with Gasteiger partial charge in [-0.1, -0.05) is 13.0 Å². The minimum Gasteiger partial charge on any atom is -0.398 e. The highest BCUT2D eigenvalue weighted by Crippen LogP contribution is 2.48. The standard InChI is InChI=1S/C28H41F2N5O/c1-16-7-12-20-23(19(31)13-21(34-20)26(2,3)29)22(16)18-10-8-17(9-11-18)14-32-25(36)28(6)15-33-35-24(28)27(4,5)30/h7,12-18,22,24-25,35-36H,8-11H2,1-6H3,(H2,31,34)/t16?,17?,18?,22?,24?,25?,28-/m1/s1. The third kappa shape index (κ3) is 5.06. The number of anilines is 1. The molecule has 5 atom stereocenters. The number of halogens is 2. The van der Waals surface area contributed by atoms with Crippen LogP contribution in [0.25, 0.3) is 6.08 Å². The van der Waals surface area contributed by atoms with E-state index < -0.39 is 29.0 Å². The Labute approximate surface area is 213 Å². The molecule has 4 rings (SSSR count). The Kier molecular flexibility index (Phi) is 7.05. The van der Waals surface area contributed by atoms with Gasteiger partial charge in [0.25, 0.3) is 0 Å². The number of hydrazone groups is 1. The second-order valence-electron chi connectivity index (χ2n) is 12.2. The largest absolute Gasteiger partial charge is 0.398 e. The highest BCUT2D eigenvalue weighted by atomic mass is 19.1. The van der Waals surface area contributed by atoms with E-state index >= 15 is 0 Å². The summed E-state index contributed by atoms with van der Waals surface area (Å²) in [5.74, 6) is 1.25. The maximum Gasteiger partial charge on any atom is 0.157 e. The first kappa shape index (κ1) is 26.7. The number of pyridine rings is 1. The van der Waals surface area contributed by atoms with E-state index in [9.17, 15) is 13.9 Å². The Hall–Kier alpha value is -2.35. The van der Waals surface area contributed by atoms with Gasteiger partial charge in [-0.05, 0) is 96.1 Å². The average molecular weight is 502 g/mol. The lowest BCUT2D eigenvalue weighted by atomic mass is 9.67. The van der Waals surface area contributed by atoms with Crippen molar-refractivity contribution in [2.45, 2.75) is 96.8 Å². The van der Waals surface area contributed by atoms with Crippen LogP contribution in [0.2, 0.25) is 0 Å². The van der Waals surface area contributed by atoms with Crippen molar-refractivity contribution in [3.63, 3.8) is 0 Å². The second-order valence-corrected chi connectivity index (χ2v) is 12.2. The van der Waals surface area contributed by atoms with Crippen LogP contribution in [-0.2, 0) is 5.67 Å². The minimum absolute atomic E-state index is 0.241. The third-order valence-electron chi connectivity index (χ3n) is 8.36. The van der Waals surface area contributed by atoms with Crippen molar-refractivity contribution in [1.82, 2.24) is 10.4 Å². The Bertz CT molecular complexity index is 1050. The quantitative estimate of drug-likeness (QED) is 0.447. The van der Waals surface area contributed by atoms with Crippen LogP contribution in [0.1, 0.15) is 90.1 Å². The molecule has 3 aliphatic rings. The molecule has 0 radical (unpaired) electrons. The van der Waals surface area contributed by atoms with E-state index in [0.717, 1.165) is 36.9 Å². The maximum atomic E-state index is 14.7. The van der Waals surface area contributed by atoms with Crippen LogP contribution in [0, 0.1) is 23.2 Å². The molecule has 6 nitrogen and oxygen atoms in total. The number of aliphatic imine (C=N–C) groups is 1. The molecule has 36 heavy (non-hydrogen) atoms. The first-order valence-corrected chi connectivity index (χ1v) is 13.1. The number of fused-ring (bicyclic) bond motifs is 1. The molecule has 8 heteroatoms. The number of aromatic nitrogens is 1. The van der Waals surface area contributed by atoms with E-state index in [0.29, 0.717) is 23.2 Å². The van der Waals surface area contributed by atoms with E-state index in [-0.39, 0.29) is 11.8 Å². The van der Waals surface area contributed by atoms with E-state index in [2.05, 4.69) is 33.5 Å². The summed E-state index contributed by atoms with van der Waals surface area (Å²) >= 11 is 0. The first-order valence-electron chi connectivity index (χ1n) is 13.1. The van der Waals surface area contributed by atoms with Gasteiger partial charge < -0.3 is 16.3 Å². The Morgan fingerprint density at radius 1 is 1.22 bits per heavy atom. The van der Waals surface area contributed by atoms with Crippen LogP contribution in [0.15, 0.2) is 22.2 Å². The number of hydrogen-bond acceptors (Lipinski definition) is 6. The number of nitrogens with two attached hydrogens (primary N) is 1. The summed E-state index contributed by atoms with van der Waals surface area (Å²) < 4.78 is 29.2. The molecule has 1 saturated carbocycles. The Morgan fingerprint density at radius 3 is 2.50 bits per heavy atom. The zero-order chi connectivity index (χ0) is 26.5. The van der Waals surface area contributed by atoms with Gasteiger partial charge in [0, 0.05) is 23.7 Å². The van der Waals surface area contributed by atoms with Crippen molar-refractivity contribution >= 4 is 24.2 Å². The monoisotopic (exact) mass is 501 g/mol. The maximum absolute atomic E-state index is 14.7. The Morgan fingerprint density at radius 2 is 1.89 bits per heavy atom. The van der Waals surface area contributed by atoms with Gasteiger partial charge in [0.05, 0.1) is 22.8 Å². The predicted octanol–water partition coefficient (Wildman–Crippen LogP) is 5.52. The topological polar surface area (TPSA) is 95.9 Å². The summed E-state index contributed by atoms with van der Waals surface area (Å²) in [4.78, 5) is 9.08. The number of aliphatic hydroxyl groups excluding tert-OH is 1. The number of rotatable bonds is 6. The first-order chi connectivity index (χ1) is 16.7. The molecule has 1 fully saturated rings. The van der Waals surface area contributed by atoms with Crippen LogP contribution in [-0.4, -0.2) is 40.5 Å². The fourth-order valence-electron chi connectivity index (χ4n) is 6.27. The molecule has 1 aliphatic heterocycles. The van der Waals surface area contributed by atoms with Crippen molar-refractivity contribution in [3.8, 4) is 0 Å². The molecular formula is C28H41F2N5O. The molecular weight excluding hydrogens is 460 g/mol. The highest BCUT2D eigenvalue weighted by molar-refractivity contribution is 5.71. The van der Waals surface area contributed by atoms with Crippen LogP contribution in [0.5, 0.6) is 0 Å². The highest BCUT2D eigenvalue weighted by Gasteiger charge is 2.50. The fraction of sp³-hybridized carbons (Fsp3) is 0.679.